The summed E-state index contributed by atoms with van der Waals surface area (Å²) in [4.78, 5) is 0. The number of aryl methyl sites for hydroxylation is 6. The molecule has 10 aromatic carbocycles. The molecule has 324 valence electrons. The normalized spacial score (nSPS) is 14.3. The number of fused-ring (bicyclic) bond motifs is 18. The van der Waals surface area contributed by atoms with Gasteiger partial charge in [-0.1, -0.05) is 54.6 Å². The average Bonchev–Trinajstić information content (AvgIpc) is 3.31. The average molecular weight is 888 g/mol. The summed E-state index contributed by atoms with van der Waals surface area (Å²) < 4.78 is 41.4. The molecule has 0 fully saturated rings. The molecule has 6 nitrogen and oxygen atoms in total. The number of hydrogen-bond acceptors (Lipinski definition) is 6. The van der Waals surface area contributed by atoms with Crippen LogP contribution in [-0.2, 0) is 0 Å². The van der Waals surface area contributed by atoms with Crippen LogP contribution in [0.2, 0.25) is 0 Å². The molecule has 0 radical (unpaired) electrons. The zero-order valence-corrected chi connectivity index (χ0v) is 38.8. The molecule has 16 rings (SSSR count). The lowest BCUT2D eigenvalue weighted by Gasteiger charge is -2.35. The minimum atomic E-state index is -0.0966. The van der Waals surface area contributed by atoms with Gasteiger partial charge in [0.15, 0.2) is 0 Å². The number of hydrogen-bond donors (Lipinski definition) is 0. The van der Waals surface area contributed by atoms with Gasteiger partial charge in [0, 0.05) is 16.4 Å². The van der Waals surface area contributed by atoms with E-state index < -0.39 is 0 Å². The Morgan fingerprint density at radius 1 is 0.217 bits per heavy atom. The van der Waals surface area contributed by atoms with Crippen molar-refractivity contribution in [1.82, 2.24) is 0 Å². The number of ether oxygens (including phenoxy) is 6. The van der Waals surface area contributed by atoms with Crippen molar-refractivity contribution >= 4 is 102 Å². The van der Waals surface area contributed by atoms with Crippen LogP contribution in [0.5, 0.6) is 69.0 Å². The van der Waals surface area contributed by atoms with E-state index in [4.69, 9.17) is 28.4 Å². The lowest BCUT2D eigenvalue weighted by Crippen LogP contribution is -2.57. The Morgan fingerprint density at radius 2 is 0.435 bits per heavy atom. The maximum atomic E-state index is 7.08. The van der Waals surface area contributed by atoms with Crippen LogP contribution in [0.4, 0.5) is 0 Å². The highest BCUT2D eigenvalue weighted by atomic mass is 16.5. The van der Waals surface area contributed by atoms with Crippen molar-refractivity contribution in [2.75, 3.05) is 0 Å². The Morgan fingerprint density at radius 3 is 0.696 bits per heavy atom. The number of rotatable bonds is 0. The lowest BCUT2D eigenvalue weighted by molar-refractivity contribution is 0.463. The Hall–Kier alpha value is -8.03. The molecule has 0 saturated heterocycles. The van der Waals surface area contributed by atoms with Crippen molar-refractivity contribution in [3.05, 3.63) is 161 Å². The van der Waals surface area contributed by atoms with Crippen LogP contribution in [0.15, 0.2) is 127 Å². The SMILES string of the molecule is Cc1ccc2c(c1)Oc1cc(C)cc3c1B2c1cc2c(cc1O3)c1cc3c(cc1c1cc4c(cc21)Oc1cc(C)cc2c1B4c1ccc(C)cc1O2)Oc1cc(C)cc2c1B3c1ccc(C)cc1O2. The van der Waals surface area contributed by atoms with Crippen molar-refractivity contribution in [2.45, 2.75) is 41.5 Å². The molecule has 0 atom stereocenters. The first-order valence-corrected chi connectivity index (χ1v) is 23.9. The summed E-state index contributed by atoms with van der Waals surface area (Å²) in [6.07, 6.45) is 0. The molecule has 69 heavy (non-hydrogen) atoms. The second-order valence-corrected chi connectivity index (χ2v) is 20.4. The van der Waals surface area contributed by atoms with E-state index in [1.54, 1.807) is 0 Å². The molecule has 0 bridgehead atoms. The third-order valence-electron chi connectivity index (χ3n) is 15.6. The zero-order chi connectivity index (χ0) is 45.9. The van der Waals surface area contributed by atoms with E-state index in [2.05, 4.69) is 169 Å². The van der Waals surface area contributed by atoms with Gasteiger partial charge in [0.1, 0.15) is 69.0 Å². The lowest BCUT2D eigenvalue weighted by atomic mass is 9.34. The van der Waals surface area contributed by atoms with Gasteiger partial charge in [0.25, 0.3) is 20.1 Å². The Labute approximate surface area is 399 Å². The monoisotopic (exact) mass is 888 g/mol. The third-order valence-corrected chi connectivity index (χ3v) is 15.6. The van der Waals surface area contributed by atoms with E-state index in [1.165, 1.54) is 0 Å². The van der Waals surface area contributed by atoms with Crippen molar-refractivity contribution in [3.63, 3.8) is 0 Å². The van der Waals surface area contributed by atoms with Crippen molar-refractivity contribution in [1.29, 1.82) is 0 Å². The van der Waals surface area contributed by atoms with Gasteiger partial charge in [-0.2, -0.15) is 0 Å². The van der Waals surface area contributed by atoms with Crippen LogP contribution < -0.4 is 77.6 Å². The van der Waals surface area contributed by atoms with Gasteiger partial charge in [-0.25, -0.2) is 0 Å². The minimum absolute atomic E-state index is 0.0966. The van der Waals surface area contributed by atoms with E-state index in [-0.39, 0.29) is 20.1 Å². The van der Waals surface area contributed by atoms with E-state index in [0.717, 1.165) is 184 Å². The van der Waals surface area contributed by atoms with Crippen LogP contribution in [0, 0.1) is 41.5 Å². The van der Waals surface area contributed by atoms with Crippen LogP contribution >= 0.6 is 0 Å². The predicted molar refractivity (Wildman–Crippen MR) is 280 cm³/mol. The Balaban J connectivity index is 1.02. The smallest absolute Gasteiger partial charge is 0.260 e. The van der Waals surface area contributed by atoms with E-state index in [1.807, 2.05) is 0 Å². The molecule has 0 amide bonds. The third kappa shape index (κ3) is 5.09. The maximum Gasteiger partial charge on any atom is 0.260 e. The summed E-state index contributed by atoms with van der Waals surface area (Å²) >= 11 is 0. The maximum absolute atomic E-state index is 7.08. The summed E-state index contributed by atoms with van der Waals surface area (Å²) in [6.45, 7) is 12.4. The molecule has 6 aliphatic heterocycles. The van der Waals surface area contributed by atoms with Gasteiger partial charge in [-0.15, -0.1) is 0 Å². The van der Waals surface area contributed by atoms with Gasteiger partial charge < -0.3 is 28.4 Å². The van der Waals surface area contributed by atoms with Crippen LogP contribution in [0.25, 0.3) is 32.3 Å². The first kappa shape index (κ1) is 38.0. The van der Waals surface area contributed by atoms with Crippen molar-refractivity contribution in [3.8, 4) is 69.0 Å². The fraction of sp³-hybridized carbons (Fsp3) is 0.100. The number of benzene rings is 10. The topological polar surface area (TPSA) is 55.4 Å². The van der Waals surface area contributed by atoms with Crippen molar-refractivity contribution in [2.24, 2.45) is 0 Å². The second-order valence-electron chi connectivity index (χ2n) is 20.4. The molecule has 6 aliphatic rings. The summed E-state index contributed by atoms with van der Waals surface area (Å²) in [5.74, 6) is 10.2. The summed E-state index contributed by atoms with van der Waals surface area (Å²) in [5.41, 5.74) is 16.6. The fourth-order valence-corrected chi connectivity index (χ4v) is 12.7. The first-order chi connectivity index (χ1) is 33.6. The molecule has 0 unspecified atom stereocenters. The molecule has 9 heteroatoms. The molecule has 10 aromatic rings. The van der Waals surface area contributed by atoms with Crippen molar-refractivity contribution < 1.29 is 28.4 Å². The van der Waals surface area contributed by atoms with Crippen LogP contribution in [0.1, 0.15) is 33.4 Å². The first-order valence-electron chi connectivity index (χ1n) is 23.9. The summed E-state index contributed by atoms with van der Waals surface area (Å²) in [5, 5.41) is 6.66. The Kier molecular flexibility index (Phi) is 7.12. The standard InChI is InChI=1S/C60H39B3O6/c1-28-7-10-40-46(13-28)64-52-16-31(4)19-55-58(52)61(40)43-22-34-37(25-49(43)67-55)35-23-44-51(69-57-21-33(6)18-54-60(57)62(44)41-11-8-29(2)14-47(41)65-54)27-39(35)36-24-45-50(26-38(34)36)68-56-20-32(5)17-53-59(56)63(45)42-12-9-30(3)15-48(42)66-53/h7-27H,1-6H3. The van der Waals surface area contributed by atoms with Gasteiger partial charge in [-0.05, 0) is 213 Å². The van der Waals surface area contributed by atoms with Crippen LogP contribution in [-0.4, -0.2) is 20.1 Å². The van der Waals surface area contributed by atoms with Gasteiger partial charge in [0.05, 0.1) is 0 Å². The molecule has 6 heterocycles. The predicted octanol–water partition coefficient (Wildman–Crippen LogP) is 9.18. The minimum Gasteiger partial charge on any atom is -0.458 e. The van der Waals surface area contributed by atoms with E-state index in [0.29, 0.717) is 0 Å². The molecular weight excluding hydrogens is 849 g/mol. The molecule has 0 aliphatic carbocycles. The largest absolute Gasteiger partial charge is 0.458 e. The molecule has 0 aromatic heterocycles. The fourth-order valence-electron chi connectivity index (χ4n) is 12.7. The molecule has 0 N–H and O–H groups in total. The van der Waals surface area contributed by atoms with Gasteiger partial charge in [0.2, 0.25) is 0 Å². The summed E-state index contributed by atoms with van der Waals surface area (Å²) in [6, 6.07) is 46.7. The van der Waals surface area contributed by atoms with E-state index in [9.17, 15) is 0 Å². The molecule has 0 spiro atoms. The van der Waals surface area contributed by atoms with Crippen LogP contribution in [0.3, 0.4) is 0 Å². The Bertz CT molecular complexity index is 3690. The molecule has 0 saturated carbocycles. The zero-order valence-electron chi connectivity index (χ0n) is 38.8. The highest BCUT2D eigenvalue weighted by Crippen LogP contribution is 2.46. The summed E-state index contributed by atoms with van der Waals surface area (Å²) in [7, 11) is 0. The van der Waals surface area contributed by atoms with Gasteiger partial charge in [-0.3, -0.25) is 0 Å². The quantitative estimate of drug-likeness (QED) is 0.112. The van der Waals surface area contributed by atoms with E-state index >= 15 is 0 Å². The highest BCUT2D eigenvalue weighted by molar-refractivity contribution is 7.00. The molecular formula is C60H39B3O6. The second kappa shape index (κ2) is 12.9. The van der Waals surface area contributed by atoms with Gasteiger partial charge >= 0.3 is 0 Å². The highest BCUT2D eigenvalue weighted by Gasteiger charge is 2.44.